The van der Waals surface area contributed by atoms with E-state index in [9.17, 15) is 4.79 Å². The number of likely N-dealkylation sites (N-methyl/N-ethyl adjacent to an activating group) is 1. The summed E-state index contributed by atoms with van der Waals surface area (Å²) in [7, 11) is 5.32. The minimum Gasteiger partial charge on any atom is -0.497 e. The maximum absolute atomic E-state index is 13.4. The van der Waals surface area contributed by atoms with Gasteiger partial charge < -0.3 is 29.3 Å². The van der Waals surface area contributed by atoms with Crippen molar-refractivity contribution < 1.29 is 19.0 Å². The highest BCUT2D eigenvalue weighted by Gasteiger charge is 2.27. The molecule has 0 spiro atoms. The van der Waals surface area contributed by atoms with E-state index in [0.717, 1.165) is 31.9 Å². The summed E-state index contributed by atoms with van der Waals surface area (Å²) in [5.74, 6) is 2.12. The minimum absolute atomic E-state index is 0.372. The standard InChI is InChI=1S/C28H36N6O4/c1-28(2,3)38-27(35)34(21-9-7-20(8-10-21)33-15-13-32(4)14-16-33)26-18-25(29-19-30-26)31-23-12-11-22(36-5)17-24(23)37-6/h7-12,17-19H,13-16H2,1-6H3,(H,29,30,31). The van der Waals surface area contributed by atoms with Crippen molar-refractivity contribution in [3.8, 4) is 11.5 Å². The van der Waals surface area contributed by atoms with E-state index in [1.807, 2.05) is 57.2 Å². The highest BCUT2D eigenvalue weighted by Crippen LogP contribution is 2.33. The Morgan fingerprint density at radius 1 is 0.947 bits per heavy atom. The first-order valence-corrected chi connectivity index (χ1v) is 12.5. The number of hydrogen-bond acceptors (Lipinski definition) is 9. The minimum atomic E-state index is -0.681. The van der Waals surface area contributed by atoms with E-state index in [4.69, 9.17) is 14.2 Å². The zero-order chi connectivity index (χ0) is 27.3. The number of nitrogens with one attached hydrogen (secondary N) is 1. The predicted octanol–water partition coefficient (Wildman–Crippen LogP) is 5.06. The van der Waals surface area contributed by atoms with Gasteiger partial charge in [-0.1, -0.05) is 0 Å². The molecule has 4 rings (SSSR count). The van der Waals surface area contributed by atoms with Gasteiger partial charge in [-0.3, -0.25) is 0 Å². The summed E-state index contributed by atoms with van der Waals surface area (Å²) in [5, 5.41) is 3.24. The smallest absolute Gasteiger partial charge is 0.420 e. The van der Waals surface area contributed by atoms with Crippen molar-refractivity contribution in [2.75, 3.05) is 62.6 Å². The second-order valence-electron chi connectivity index (χ2n) is 10.1. The van der Waals surface area contributed by atoms with Gasteiger partial charge in [0.2, 0.25) is 0 Å². The van der Waals surface area contributed by atoms with E-state index in [2.05, 4.69) is 32.1 Å². The van der Waals surface area contributed by atoms with E-state index in [1.54, 1.807) is 26.4 Å². The summed E-state index contributed by atoms with van der Waals surface area (Å²) in [4.78, 5) is 28.3. The fraction of sp³-hybridized carbons (Fsp3) is 0.393. The first kappa shape index (κ1) is 27.0. The van der Waals surface area contributed by atoms with Crippen LogP contribution in [0.4, 0.5) is 33.5 Å². The van der Waals surface area contributed by atoms with Crippen molar-refractivity contribution in [3.63, 3.8) is 0 Å². The first-order valence-electron chi connectivity index (χ1n) is 12.5. The number of piperazine rings is 1. The lowest BCUT2D eigenvalue weighted by Crippen LogP contribution is -2.44. The van der Waals surface area contributed by atoms with Crippen LogP contribution in [-0.4, -0.2) is 74.0 Å². The normalized spacial score (nSPS) is 14.1. The van der Waals surface area contributed by atoms with Crippen LogP contribution >= 0.6 is 0 Å². The molecule has 0 bridgehead atoms. The number of methoxy groups -OCH3 is 2. The van der Waals surface area contributed by atoms with Gasteiger partial charge in [-0.2, -0.15) is 0 Å². The number of hydrogen-bond donors (Lipinski definition) is 1. The van der Waals surface area contributed by atoms with E-state index >= 15 is 0 Å². The molecule has 3 aromatic rings. The van der Waals surface area contributed by atoms with Gasteiger partial charge >= 0.3 is 6.09 Å². The summed E-state index contributed by atoms with van der Waals surface area (Å²) >= 11 is 0. The zero-order valence-electron chi connectivity index (χ0n) is 22.9. The maximum Gasteiger partial charge on any atom is 0.420 e. The molecule has 0 atom stereocenters. The highest BCUT2D eigenvalue weighted by atomic mass is 16.6. The van der Waals surface area contributed by atoms with Crippen LogP contribution in [0, 0.1) is 0 Å². The first-order chi connectivity index (χ1) is 18.2. The van der Waals surface area contributed by atoms with Crippen LogP contribution in [0.15, 0.2) is 54.9 Å². The second-order valence-corrected chi connectivity index (χ2v) is 10.1. The molecule has 1 aliphatic rings. The largest absolute Gasteiger partial charge is 0.497 e. The molecule has 1 aromatic heterocycles. The van der Waals surface area contributed by atoms with Gasteiger partial charge in [-0.15, -0.1) is 0 Å². The lowest BCUT2D eigenvalue weighted by atomic mass is 10.2. The quantitative estimate of drug-likeness (QED) is 0.459. The Balaban J connectivity index is 1.64. The second kappa shape index (κ2) is 11.6. The molecule has 1 aliphatic heterocycles. The Bertz CT molecular complexity index is 1240. The lowest BCUT2D eigenvalue weighted by molar-refractivity contribution is 0.0598. The van der Waals surface area contributed by atoms with Crippen molar-refractivity contribution in [1.29, 1.82) is 0 Å². The molecule has 2 heterocycles. The van der Waals surface area contributed by atoms with E-state index in [1.165, 1.54) is 11.2 Å². The molecular weight excluding hydrogens is 484 g/mol. The van der Waals surface area contributed by atoms with E-state index < -0.39 is 11.7 Å². The van der Waals surface area contributed by atoms with Crippen LogP contribution in [-0.2, 0) is 4.74 Å². The molecule has 202 valence electrons. The molecule has 1 fully saturated rings. The Morgan fingerprint density at radius 2 is 1.66 bits per heavy atom. The van der Waals surface area contributed by atoms with Crippen LogP contribution < -0.4 is 24.6 Å². The molecule has 0 radical (unpaired) electrons. The van der Waals surface area contributed by atoms with Crippen LogP contribution in [0.1, 0.15) is 20.8 Å². The van der Waals surface area contributed by atoms with E-state index in [-0.39, 0.29) is 0 Å². The van der Waals surface area contributed by atoms with Gasteiger partial charge in [-0.25, -0.2) is 19.7 Å². The van der Waals surface area contributed by atoms with Crippen molar-refractivity contribution >= 4 is 34.8 Å². The SMILES string of the molecule is COc1ccc(Nc2cc(N(C(=O)OC(C)(C)C)c3ccc(N4CCN(C)CC4)cc3)ncn2)c(OC)c1. The molecule has 1 N–H and O–H groups in total. The van der Waals surface area contributed by atoms with Crippen molar-refractivity contribution in [1.82, 2.24) is 14.9 Å². The monoisotopic (exact) mass is 520 g/mol. The van der Waals surface area contributed by atoms with Gasteiger partial charge in [0.1, 0.15) is 35.1 Å². The van der Waals surface area contributed by atoms with Crippen molar-refractivity contribution in [2.45, 2.75) is 26.4 Å². The number of aromatic nitrogens is 2. The molecule has 1 amide bonds. The third-order valence-corrected chi connectivity index (χ3v) is 6.11. The third-order valence-electron chi connectivity index (χ3n) is 6.11. The molecule has 1 saturated heterocycles. The Kier molecular flexibility index (Phi) is 8.21. The maximum atomic E-state index is 13.4. The summed E-state index contributed by atoms with van der Waals surface area (Å²) in [6, 6.07) is 15.0. The predicted molar refractivity (Wildman–Crippen MR) is 149 cm³/mol. The average molecular weight is 521 g/mol. The van der Waals surface area contributed by atoms with Gasteiger partial charge in [0.05, 0.1) is 25.6 Å². The molecule has 0 aliphatic carbocycles. The summed E-state index contributed by atoms with van der Waals surface area (Å²) in [6.07, 6.45) is 0.875. The molecule has 0 saturated carbocycles. The number of amides is 1. The fourth-order valence-corrected chi connectivity index (χ4v) is 4.09. The fourth-order valence-electron chi connectivity index (χ4n) is 4.09. The third kappa shape index (κ3) is 6.63. The lowest BCUT2D eigenvalue weighted by Gasteiger charge is -2.34. The number of carbonyl (C=O) groups excluding carboxylic acids is 1. The Morgan fingerprint density at radius 3 is 2.29 bits per heavy atom. The molecule has 38 heavy (non-hydrogen) atoms. The number of carbonyl (C=O) groups is 1. The molecular formula is C28H36N6O4. The topological polar surface area (TPSA) is 92.3 Å². The summed E-state index contributed by atoms with van der Waals surface area (Å²) in [5.41, 5.74) is 1.77. The van der Waals surface area contributed by atoms with Crippen molar-refractivity contribution in [2.24, 2.45) is 0 Å². The Hall–Kier alpha value is -4.05. The average Bonchev–Trinajstić information content (AvgIpc) is 2.89. The van der Waals surface area contributed by atoms with Crippen LogP contribution in [0.2, 0.25) is 0 Å². The number of benzene rings is 2. The van der Waals surface area contributed by atoms with Crippen molar-refractivity contribution in [3.05, 3.63) is 54.9 Å². The summed E-state index contributed by atoms with van der Waals surface area (Å²) < 4.78 is 16.5. The number of anilines is 5. The van der Waals surface area contributed by atoms with Crippen LogP contribution in [0.25, 0.3) is 0 Å². The number of nitrogens with zero attached hydrogens (tertiary/aromatic N) is 5. The number of ether oxygens (including phenoxy) is 3. The molecule has 10 nitrogen and oxygen atoms in total. The molecule has 2 aromatic carbocycles. The van der Waals surface area contributed by atoms with Crippen LogP contribution in [0.3, 0.4) is 0 Å². The van der Waals surface area contributed by atoms with Gasteiger partial charge in [0.25, 0.3) is 0 Å². The zero-order valence-corrected chi connectivity index (χ0v) is 22.9. The molecule has 10 heteroatoms. The van der Waals surface area contributed by atoms with Gasteiger partial charge in [0.15, 0.2) is 0 Å². The number of rotatable bonds is 7. The highest BCUT2D eigenvalue weighted by molar-refractivity contribution is 5.95. The summed E-state index contributed by atoms with van der Waals surface area (Å²) in [6.45, 7) is 9.46. The Labute approximate surface area is 224 Å². The van der Waals surface area contributed by atoms with Crippen LogP contribution in [0.5, 0.6) is 11.5 Å². The molecule has 0 unspecified atom stereocenters. The van der Waals surface area contributed by atoms with E-state index in [0.29, 0.717) is 34.5 Å². The van der Waals surface area contributed by atoms with Gasteiger partial charge in [-0.05, 0) is 64.2 Å². The van der Waals surface area contributed by atoms with Gasteiger partial charge in [0, 0.05) is 44.0 Å².